The molecule has 1 aromatic heterocycles. The zero-order valence-corrected chi connectivity index (χ0v) is 17.3. The van der Waals surface area contributed by atoms with E-state index in [-0.39, 0.29) is 6.04 Å². The van der Waals surface area contributed by atoms with Gasteiger partial charge in [0.1, 0.15) is 5.75 Å². The van der Waals surface area contributed by atoms with Crippen LogP contribution >= 0.6 is 0 Å². The zero-order valence-electron chi connectivity index (χ0n) is 17.3. The fourth-order valence-electron chi connectivity index (χ4n) is 4.24. The third-order valence-corrected chi connectivity index (χ3v) is 5.80. The summed E-state index contributed by atoms with van der Waals surface area (Å²) in [4.78, 5) is 5.13. The Kier molecular flexibility index (Phi) is 6.27. The molecule has 1 aliphatic heterocycles. The number of nitrogens with one attached hydrogen (secondary N) is 1. The number of methoxy groups -OCH3 is 1. The number of aromatic nitrogens is 2. The summed E-state index contributed by atoms with van der Waals surface area (Å²) >= 11 is 0. The van der Waals surface area contributed by atoms with Gasteiger partial charge < -0.3 is 9.64 Å². The number of hydrogen-bond acceptors (Lipinski definition) is 4. The Morgan fingerprint density at radius 1 is 1.00 bits per heavy atom. The number of ether oxygens (including phenoxy) is 1. The molecule has 4 rings (SSSR count). The third-order valence-electron chi connectivity index (χ3n) is 5.80. The van der Waals surface area contributed by atoms with Crippen molar-refractivity contribution in [3.8, 4) is 5.75 Å². The van der Waals surface area contributed by atoms with E-state index in [2.05, 4.69) is 68.5 Å². The molecule has 0 radical (unpaired) electrons. The molecule has 1 fully saturated rings. The Bertz CT molecular complexity index is 900. The van der Waals surface area contributed by atoms with Gasteiger partial charge in [0.25, 0.3) is 0 Å². The first kappa shape index (κ1) is 19.7. The lowest BCUT2D eigenvalue weighted by molar-refractivity contribution is 0.109. The molecular weight excluding hydrogens is 360 g/mol. The topological polar surface area (TPSA) is 44.4 Å². The summed E-state index contributed by atoms with van der Waals surface area (Å²) in [5.41, 5.74) is 4.82. The van der Waals surface area contributed by atoms with E-state index in [1.54, 1.807) is 7.11 Å². The van der Waals surface area contributed by atoms with Crippen molar-refractivity contribution in [2.45, 2.75) is 19.4 Å². The summed E-state index contributed by atoms with van der Waals surface area (Å²) in [6.45, 7) is 7.34. The number of benzene rings is 2. The summed E-state index contributed by atoms with van der Waals surface area (Å²) < 4.78 is 5.50. The normalized spacial score (nSPS) is 16.6. The predicted molar refractivity (Wildman–Crippen MR) is 116 cm³/mol. The number of piperazine rings is 1. The largest absolute Gasteiger partial charge is 0.496 e. The van der Waals surface area contributed by atoms with Crippen LogP contribution in [0, 0.1) is 6.92 Å². The Morgan fingerprint density at radius 3 is 2.41 bits per heavy atom. The van der Waals surface area contributed by atoms with Crippen molar-refractivity contribution in [2.24, 2.45) is 0 Å². The molecule has 2 heterocycles. The number of rotatable bonds is 7. The summed E-state index contributed by atoms with van der Waals surface area (Å²) in [6, 6.07) is 21.5. The van der Waals surface area contributed by atoms with Gasteiger partial charge in [0.05, 0.1) is 24.5 Å². The average Bonchev–Trinajstić information content (AvgIpc) is 3.20. The Balaban J connectivity index is 1.40. The molecule has 29 heavy (non-hydrogen) atoms. The number of nitrogens with zero attached hydrogens (tertiary/aromatic N) is 3. The zero-order chi connectivity index (χ0) is 20.1. The van der Waals surface area contributed by atoms with Gasteiger partial charge in [0.2, 0.25) is 0 Å². The number of aryl methyl sites for hydroxylation is 1. The van der Waals surface area contributed by atoms with Crippen molar-refractivity contribution in [1.82, 2.24) is 20.0 Å². The standard InChI is InChI=1S/C24H30N4O/c1-19-18-22(26-25-19)24(21-9-4-3-5-10-21)28-16-14-27(15-17-28)13-12-20-8-6-7-11-23(20)29-2/h3-11,18,24H,12-17H2,1-2H3,(H,25,26). The van der Waals surface area contributed by atoms with Crippen LogP contribution in [0.4, 0.5) is 0 Å². The molecule has 1 saturated heterocycles. The Hall–Kier alpha value is -2.63. The molecule has 0 bridgehead atoms. The van der Waals surface area contributed by atoms with Crippen molar-refractivity contribution >= 4 is 0 Å². The molecule has 152 valence electrons. The molecule has 0 spiro atoms. The maximum absolute atomic E-state index is 5.50. The molecule has 1 aliphatic rings. The van der Waals surface area contributed by atoms with E-state index >= 15 is 0 Å². The summed E-state index contributed by atoms with van der Waals surface area (Å²) in [5, 5.41) is 7.63. The van der Waals surface area contributed by atoms with E-state index in [0.29, 0.717) is 0 Å². The van der Waals surface area contributed by atoms with Gasteiger partial charge in [-0.1, -0.05) is 48.5 Å². The van der Waals surface area contributed by atoms with E-state index in [4.69, 9.17) is 4.74 Å². The lowest BCUT2D eigenvalue weighted by Gasteiger charge is -2.39. The summed E-state index contributed by atoms with van der Waals surface area (Å²) in [5.74, 6) is 0.991. The number of hydrogen-bond donors (Lipinski definition) is 1. The second-order valence-electron chi connectivity index (χ2n) is 7.72. The fraction of sp³-hybridized carbons (Fsp3) is 0.375. The number of para-hydroxylation sites is 1. The number of aromatic amines is 1. The maximum atomic E-state index is 5.50. The minimum Gasteiger partial charge on any atom is -0.496 e. The second-order valence-corrected chi connectivity index (χ2v) is 7.72. The molecule has 0 amide bonds. The van der Waals surface area contributed by atoms with Crippen LogP contribution in [0.15, 0.2) is 60.7 Å². The van der Waals surface area contributed by atoms with Crippen LogP contribution in [-0.2, 0) is 6.42 Å². The van der Waals surface area contributed by atoms with Gasteiger partial charge in [0, 0.05) is 32.7 Å². The molecule has 0 aliphatic carbocycles. The molecule has 3 aromatic rings. The third kappa shape index (κ3) is 4.69. The first-order valence-electron chi connectivity index (χ1n) is 10.4. The van der Waals surface area contributed by atoms with E-state index in [9.17, 15) is 0 Å². The van der Waals surface area contributed by atoms with Gasteiger partial charge >= 0.3 is 0 Å². The molecule has 5 nitrogen and oxygen atoms in total. The van der Waals surface area contributed by atoms with E-state index in [0.717, 1.165) is 50.6 Å². The van der Waals surface area contributed by atoms with Crippen LogP contribution in [0.25, 0.3) is 0 Å². The molecule has 0 saturated carbocycles. The first-order valence-corrected chi connectivity index (χ1v) is 10.4. The lowest BCUT2D eigenvalue weighted by Crippen LogP contribution is -2.48. The quantitative estimate of drug-likeness (QED) is 0.668. The molecule has 5 heteroatoms. The second kappa shape index (κ2) is 9.25. The van der Waals surface area contributed by atoms with Crippen molar-refractivity contribution in [3.05, 3.63) is 83.2 Å². The van der Waals surface area contributed by atoms with Gasteiger partial charge in [-0.3, -0.25) is 10.00 Å². The van der Waals surface area contributed by atoms with Crippen LogP contribution < -0.4 is 4.74 Å². The van der Waals surface area contributed by atoms with Crippen molar-refractivity contribution < 1.29 is 4.74 Å². The fourth-order valence-corrected chi connectivity index (χ4v) is 4.24. The van der Waals surface area contributed by atoms with Crippen LogP contribution in [0.2, 0.25) is 0 Å². The molecular formula is C24H30N4O. The van der Waals surface area contributed by atoms with Crippen LogP contribution in [0.5, 0.6) is 5.75 Å². The molecule has 1 atom stereocenters. The van der Waals surface area contributed by atoms with Gasteiger partial charge in [-0.15, -0.1) is 0 Å². The monoisotopic (exact) mass is 390 g/mol. The van der Waals surface area contributed by atoms with E-state index in [1.807, 2.05) is 19.1 Å². The maximum Gasteiger partial charge on any atom is 0.122 e. The summed E-state index contributed by atoms with van der Waals surface area (Å²) in [6.07, 6.45) is 1.02. The Morgan fingerprint density at radius 2 is 1.72 bits per heavy atom. The Labute approximate surface area is 173 Å². The molecule has 1 unspecified atom stereocenters. The highest BCUT2D eigenvalue weighted by atomic mass is 16.5. The van der Waals surface area contributed by atoms with E-state index < -0.39 is 0 Å². The smallest absolute Gasteiger partial charge is 0.122 e. The van der Waals surface area contributed by atoms with Gasteiger partial charge in [-0.25, -0.2) is 0 Å². The van der Waals surface area contributed by atoms with Crippen molar-refractivity contribution in [1.29, 1.82) is 0 Å². The number of H-pyrrole nitrogens is 1. The highest BCUT2D eigenvalue weighted by Gasteiger charge is 2.27. The minimum atomic E-state index is 0.230. The average molecular weight is 391 g/mol. The highest BCUT2D eigenvalue weighted by Crippen LogP contribution is 2.29. The predicted octanol–water partition coefficient (Wildman–Crippen LogP) is 3.68. The van der Waals surface area contributed by atoms with Crippen molar-refractivity contribution in [3.63, 3.8) is 0 Å². The molecule has 1 N–H and O–H groups in total. The van der Waals surface area contributed by atoms with Crippen LogP contribution in [0.1, 0.15) is 28.6 Å². The van der Waals surface area contributed by atoms with Gasteiger partial charge in [0.15, 0.2) is 0 Å². The van der Waals surface area contributed by atoms with Crippen LogP contribution in [0.3, 0.4) is 0 Å². The summed E-state index contributed by atoms with van der Waals surface area (Å²) in [7, 11) is 1.75. The van der Waals surface area contributed by atoms with Gasteiger partial charge in [-0.05, 0) is 36.6 Å². The van der Waals surface area contributed by atoms with Crippen molar-refractivity contribution in [2.75, 3.05) is 39.8 Å². The highest BCUT2D eigenvalue weighted by molar-refractivity contribution is 5.33. The molecule has 2 aromatic carbocycles. The van der Waals surface area contributed by atoms with E-state index in [1.165, 1.54) is 16.8 Å². The minimum absolute atomic E-state index is 0.230. The first-order chi connectivity index (χ1) is 14.2. The van der Waals surface area contributed by atoms with Gasteiger partial charge in [-0.2, -0.15) is 5.10 Å². The lowest BCUT2D eigenvalue weighted by atomic mass is 10.0. The van der Waals surface area contributed by atoms with Crippen LogP contribution in [-0.4, -0.2) is 59.8 Å². The SMILES string of the molecule is COc1ccccc1CCN1CCN(C(c2ccccc2)c2cc(C)n[nH]2)CC1.